The lowest BCUT2D eigenvalue weighted by Gasteiger charge is -2.21. The first-order valence-electron chi connectivity index (χ1n) is 5.83. The molecule has 1 aromatic heterocycles. The summed E-state index contributed by atoms with van der Waals surface area (Å²) < 4.78 is 26.7. The maximum atomic E-state index is 12.1. The van der Waals surface area contributed by atoms with Crippen molar-refractivity contribution in [3.63, 3.8) is 0 Å². The van der Waals surface area contributed by atoms with Gasteiger partial charge in [-0.05, 0) is 19.8 Å². The van der Waals surface area contributed by atoms with E-state index in [0.29, 0.717) is 11.4 Å². The second-order valence-corrected chi connectivity index (χ2v) is 6.48. The van der Waals surface area contributed by atoms with Crippen LogP contribution in [-0.2, 0) is 10.0 Å². The number of H-pyrrole nitrogens is 1. The molecule has 1 aliphatic carbocycles. The van der Waals surface area contributed by atoms with E-state index in [0.717, 1.165) is 32.1 Å². The molecule has 0 unspecified atom stereocenters. The molecule has 2 rings (SSSR count). The predicted octanol–water partition coefficient (Wildman–Crippen LogP) is 1.37. The number of aromatic amines is 1. The molecule has 0 bridgehead atoms. The second kappa shape index (κ2) is 4.56. The van der Waals surface area contributed by atoms with Crippen molar-refractivity contribution in [3.05, 3.63) is 5.69 Å². The Kier molecular flexibility index (Phi) is 3.28. The van der Waals surface area contributed by atoms with Crippen molar-refractivity contribution in [1.29, 1.82) is 0 Å². The van der Waals surface area contributed by atoms with E-state index >= 15 is 0 Å². The highest BCUT2D eigenvalue weighted by Crippen LogP contribution is 2.26. The molecule has 6 nitrogen and oxygen atoms in total. The Labute approximate surface area is 101 Å². The average molecular weight is 258 g/mol. The van der Waals surface area contributed by atoms with Crippen molar-refractivity contribution in [1.82, 2.24) is 10.2 Å². The highest BCUT2D eigenvalue weighted by Gasteiger charge is 2.28. The van der Waals surface area contributed by atoms with Gasteiger partial charge in [-0.3, -0.25) is 9.82 Å². The Morgan fingerprint density at radius 2 is 2.00 bits per heavy atom. The number of aromatic nitrogens is 2. The van der Waals surface area contributed by atoms with Crippen LogP contribution in [0, 0.1) is 6.92 Å². The van der Waals surface area contributed by atoms with Gasteiger partial charge in [0.25, 0.3) is 0 Å². The summed E-state index contributed by atoms with van der Waals surface area (Å²) >= 11 is 0. The Morgan fingerprint density at radius 1 is 1.35 bits per heavy atom. The molecule has 0 spiro atoms. The van der Waals surface area contributed by atoms with Gasteiger partial charge in [-0.15, -0.1) is 0 Å². The molecule has 1 aromatic rings. The molecular formula is C10H18N4O2S. The Bertz CT molecular complexity index is 488. The average Bonchev–Trinajstić information content (AvgIpc) is 2.62. The van der Waals surface area contributed by atoms with Crippen LogP contribution in [0.1, 0.15) is 37.8 Å². The highest BCUT2D eigenvalue weighted by molar-refractivity contribution is 7.93. The SMILES string of the molecule is Cc1[nH]nc(NS(=O)(=O)C2CCCCC2)c1N. The van der Waals surface area contributed by atoms with Crippen LogP contribution in [-0.4, -0.2) is 23.9 Å². The number of sulfonamides is 1. The first-order chi connectivity index (χ1) is 8.00. The zero-order chi connectivity index (χ0) is 12.5. The molecule has 0 amide bonds. The molecule has 7 heteroatoms. The Morgan fingerprint density at radius 3 is 2.53 bits per heavy atom. The summed E-state index contributed by atoms with van der Waals surface area (Å²) in [7, 11) is -3.36. The number of rotatable bonds is 3. The highest BCUT2D eigenvalue weighted by atomic mass is 32.2. The zero-order valence-corrected chi connectivity index (χ0v) is 10.7. The first-order valence-corrected chi connectivity index (χ1v) is 7.37. The summed E-state index contributed by atoms with van der Waals surface area (Å²) in [6.07, 6.45) is 4.51. The van der Waals surface area contributed by atoms with Crippen molar-refractivity contribution >= 4 is 21.5 Å². The van der Waals surface area contributed by atoms with Crippen molar-refractivity contribution in [3.8, 4) is 0 Å². The van der Waals surface area contributed by atoms with Gasteiger partial charge in [0.05, 0.1) is 16.6 Å². The van der Waals surface area contributed by atoms with Gasteiger partial charge in [-0.1, -0.05) is 19.3 Å². The van der Waals surface area contributed by atoms with Gasteiger partial charge in [-0.2, -0.15) is 5.10 Å². The van der Waals surface area contributed by atoms with Gasteiger partial charge in [0.1, 0.15) is 0 Å². The van der Waals surface area contributed by atoms with E-state index in [1.807, 2.05) is 0 Å². The molecule has 0 atom stereocenters. The molecule has 96 valence electrons. The molecular weight excluding hydrogens is 240 g/mol. The van der Waals surface area contributed by atoms with Crippen LogP contribution in [0.5, 0.6) is 0 Å². The number of nitrogen functional groups attached to an aromatic ring is 1. The monoisotopic (exact) mass is 258 g/mol. The minimum absolute atomic E-state index is 0.216. The van der Waals surface area contributed by atoms with Crippen molar-refractivity contribution in [2.45, 2.75) is 44.3 Å². The van der Waals surface area contributed by atoms with E-state index in [1.54, 1.807) is 6.92 Å². The lowest BCUT2D eigenvalue weighted by Crippen LogP contribution is -2.30. The number of nitrogens with one attached hydrogen (secondary N) is 2. The minimum Gasteiger partial charge on any atom is -0.394 e. The smallest absolute Gasteiger partial charge is 0.236 e. The summed E-state index contributed by atoms with van der Waals surface area (Å²) in [6, 6.07) is 0. The first kappa shape index (κ1) is 12.2. The Hall–Kier alpha value is -1.24. The summed E-state index contributed by atoms with van der Waals surface area (Å²) in [5.41, 5.74) is 6.76. The standard InChI is InChI=1S/C10H18N4O2S/c1-7-9(11)10(13-12-7)14-17(15,16)8-5-3-2-4-6-8/h8H,2-6,11H2,1H3,(H2,12,13,14). The van der Waals surface area contributed by atoms with Crippen molar-refractivity contribution < 1.29 is 8.42 Å². The number of hydrogen-bond donors (Lipinski definition) is 3. The lowest BCUT2D eigenvalue weighted by atomic mass is 10.0. The summed E-state index contributed by atoms with van der Waals surface area (Å²) in [5, 5.41) is 6.20. The van der Waals surface area contributed by atoms with E-state index in [4.69, 9.17) is 5.73 Å². The summed E-state index contributed by atoms with van der Waals surface area (Å²) in [5.74, 6) is 0.216. The minimum atomic E-state index is -3.36. The molecule has 1 fully saturated rings. The third-order valence-electron chi connectivity index (χ3n) is 3.22. The fraction of sp³-hybridized carbons (Fsp3) is 0.700. The van der Waals surface area contributed by atoms with Crippen LogP contribution in [0.4, 0.5) is 11.5 Å². The molecule has 0 saturated heterocycles. The van der Waals surface area contributed by atoms with Crippen molar-refractivity contribution in [2.75, 3.05) is 10.5 Å². The predicted molar refractivity (Wildman–Crippen MR) is 67.2 cm³/mol. The van der Waals surface area contributed by atoms with Crippen LogP contribution in [0.2, 0.25) is 0 Å². The van der Waals surface area contributed by atoms with Gasteiger partial charge >= 0.3 is 0 Å². The largest absolute Gasteiger partial charge is 0.394 e. The van der Waals surface area contributed by atoms with Crippen molar-refractivity contribution in [2.24, 2.45) is 0 Å². The molecule has 1 heterocycles. The van der Waals surface area contributed by atoms with E-state index in [1.165, 1.54) is 0 Å². The number of nitrogens with two attached hydrogens (primary N) is 1. The third-order valence-corrected chi connectivity index (χ3v) is 5.05. The number of anilines is 2. The maximum Gasteiger partial charge on any atom is 0.236 e. The van der Waals surface area contributed by atoms with Gasteiger partial charge in [0.2, 0.25) is 10.0 Å². The molecule has 4 N–H and O–H groups in total. The van der Waals surface area contributed by atoms with E-state index in [-0.39, 0.29) is 11.1 Å². The normalized spacial score (nSPS) is 18.2. The third kappa shape index (κ3) is 2.54. The molecule has 1 saturated carbocycles. The summed E-state index contributed by atoms with van der Waals surface area (Å²) in [4.78, 5) is 0. The zero-order valence-electron chi connectivity index (χ0n) is 9.86. The number of hydrogen-bond acceptors (Lipinski definition) is 4. The quantitative estimate of drug-likeness (QED) is 0.762. The van der Waals surface area contributed by atoms with Gasteiger partial charge in [0, 0.05) is 0 Å². The van der Waals surface area contributed by atoms with Crippen LogP contribution < -0.4 is 10.5 Å². The molecule has 0 radical (unpaired) electrons. The van der Waals surface area contributed by atoms with Gasteiger partial charge in [-0.25, -0.2) is 8.42 Å². The van der Waals surface area contributed by atoms with E-state index in [2.05, 4.69) is 14.9 Å². The van der Waals surface area contributed by atoms with Gasteiger partial charge < -0.3 is 5.73 Å². The molecule has 0 aromatic carbocycles. The molecule has 17 heavy (non-hydrogen) atoms. The second-order valence-electron chi connectivity index (χ2n) is 4.52. The molecule has 0 aliphatic heterocycles. The van der Waals surface area contributed by atoms with E-state index in [9.17, 15) is 8.42 Å². The van der Waals surface area contributed by atoms with E-state index < -0.39 is 10.0 Å². The molecule has 1 aliphatic rings. The number of aryl methyl sites for hydroxylation is 1. The van der Waals surface area contributed by atoms with Crippen LogP contribution in [0.25, 0.3) is 0 Å². The lowest BCUT2D eigenvalue weighted by molar-refractivity contribution is 0.486. The fourth-order valence-electron chi connectivity index (χ4n) is 2.11. The summed E-state index contributed by atoms with van der Waals surface area (Å²) in [6.45, 7) is 1.75. The van der Waals surface area contributed by atoms with Crippen LogP contribution >= 0.6 is 0 Å². The fourth-order valence-corrected chi connectivity index (χ4v) is 3.65. The maximum absolute atomic E-state index is 12.1. The van der Waals surface area contributed by atoms with Gasteiger partial charge in [0.15, 0.2) is 5.82 Å². The van der Waals surface area contributed by atoms with Crippen LogP contribution in [0.15, 0.2) is 0 Å². The van der Waals surface area contributed by atoms with Crippen LogP contribution in [0.3, 0.4) is 0 Å². The Balaban J connectivity index is 2.14. The number of nitrogens with zero attached hydrogens (tertiary/aromatic N) is 1. The topological polar surface area (TPSA) is 101 Å².